The van der Waals surface area contributed by atoms with Gasteiger partial charge in [-0.1, -0.05) is 26.2 Å². The van der Waals surface area contributed by atoms with Gasteiger partial charge in [0.25, 0.3) is 0 Å². The normalized spacial score (nSPS) is 21.7. The van der Waals surface area contributed by atoms with Crippen LogP contribution in [0.3, 0.4) is 0 Å². The molecule has 1 fully saturated rings. The predicted molar refractivity (Wildman–Crippen MR) is 86.2 cm³/mol. The molecule has 0 unspecified atom stereocenters. The molecule has 0 bridgehead atoms. The number of hydrogen-bond donors (Lipinski definition) is 0. The average molecular weight is 292 g/mol. The molecule has 1 aliphatic heterocycles. The van der Waals surface area contributed by atoms with Crippen LogP contribution in [0.1, 0.15) is 71.7 Å². The van der Waals surface area contributed by atoms with Crippen LogP contribution in [0, 0.1) is 0 Å². The van der Waals surface area contributed by atoms with Crippen molar-refractivity contribution in [2.24, 2.45) is 7.05 Å². The summed E-state index contributed by atoms with van der Waals surface area (Å²) in [5.41, 5.74) is 0.665. The molecule has 1 atom stereocenters. The van der Waals surface area contributed by atoms with Crippen molar-refractivity contribution in [2.45, 2.75) is 77.3 Å². The second kappa shape index (κ2) is 6.13. The fourth-order valence-electron chi connectivity index (χ4n) is 2.76. The Morgan fingerprint density at radius 1 is 1.19 bits per heavy atom. The van der Waals surface area contributed by atoms with Crippen LogP contribution in [0.2, 0.25) is 0 Å². The fourth-order valence-corrected chi connectivity index (χ4v) is 2.76. The Balaban J connectivity index is 2.16. The van der Waals surface area contributed by atoms with Gasteiger partial charge in [0.2, 0.25) is 0 Å². The standard InChI is InChI=1S/C16H29BN2O2/c1-7-8-9-10-14(13-11-18-19(6)12-13)17-20-15(2,3)16(4,5)21-17/h11-12,14H,7-10H2,1-6H3/t14-/m1/s1. The second-order valence-electron chi connectivity index (χ2n) is 7.17. The molecule has 0 saturated carbocycles. The highest BCUT2D eigenvalue weighted by atomic mass is 16.7. The molecule has 0 aromatic carbocycles. The van der Waals surface area contributed by atoms with Crippen molar-refractivity contribution in [3.63, 3.8) is 0 Å². The van der Waals surface area contributed by atoms with Crippen LogP contribution in [0.5, 0.6) is 0 Å². The molecule has 0 aliphatic carbocycles. The maximum atomic E-state index is 6.26. The van der Waals surface area contributed by atoms with Gasteiger partial charge in [0.05, 0.1) is 17.4 Å². The van der Waals surface area contributed by atoms with Crippen molar-refractivity contribution in [3.8, 4) is 0 Å². The molecule has 21 heavy (non-hydrogen) atoms. The summed E-state index contributed by atoms with van der Waals surface area (Å²) in [6.45, 7) is 10.7. The lowest BCUT2D eigenvalue weighted by molar-refractivity contribution is 0.00578. The Labute approximate surface area is 129 Å². The lowest BCUT2D eigenvalue weighted by Crippen LogP contribution is -2.41. The third-order valence-corrected chi connectivity index (χ3v) is 4.87. The molecule has 2 heterocycles. The molecule has 0 radical (unpaired) electrons. The third-order valence-electron chi connectivity index (χ3n) is 4.87. The summed E-state index contributed by atoms with van der Waals surface area (Å²) in [7, 11) is 1.77. The zero-order chi connectivity index (χ0) is 15.7. The number of aromatic nitrogens is 2. The van der Waals surface area contributed by atoms with Gasteiger partial charge in [-0.3, -0.25) is 4.68 Å². The number of nitrogens with zero attached hydrogens (tertiary/aromatic N) is 2. The summed E-state index contributed by atoms with van der Waals surface area (Å²) >= 11 is 0. The lowest BCUT2D eigenvalue weighted by Gasteiger charge is -2.32. The number of aryl methyl sites for hydroxylation is 1. The van der Waals surface area contributed by atoms with Gasteiger partial charge in [-0.05, 0) is 39.7 Å². The number of hydrogen-bond acceptors (Lipinski definition) is 3. The van der Waals surface area contributed by atoms with E-state index in [9.17, 15) is 0 Å². The summed E-state index contributed by atoms with van der Waals surface area (Å²) in [4.78, 5) is 0. The summed E-state index contributed by atoms with van der Waals surface area (Å²) < 4.78 is 14.4. The maximum Gasteiger partial charge on any atom is 0.465 e. The van der Waals surface area contributed by atoms with Gasteiger partial charge >= 0.3 is 7.12 Å². The molecule has 0 amide bonds. The van der Waals surface area contributed by atoms with Gasteiger partial charge in [0.15, 0.2) is 0 Å². The van der Waals surface area contributed by atoms with E-state index in [0.29, 0.717) is 0 Å². The number of rotatable bonds is 6. The second-order valence-corrected chi connectivity index (χ2v) is 7.17. The minimum atomic E-state index is -0.275. The highest BCUT2D eigenvalue weighted by molar-refractivity contribution is 6.47. The summed E-state index contributed by atoms with van der Waals surface area (Å²) in [6.07, 6.45) is 8.78. The topological polar surface area (TPSA) is 36.3 Å². The van der Waals surface area contributed by atoms with E-state index in [4.69, 9.17) is 9.31 Å². The molecule has 4 nitrogen and oxygen atoms in total. The Kier molecular flexibility index (Phi) is 4.84. The molecule has 1 aromatic rings. The van der Waals surface area contributed by atoms with Gasteiger partial charge in [-0.15, -0.1) is 0 Å². The Morgan fingerprint density at radius 2 is 1.81 bits per heavy atom. The first-order chi connectivity index (χ1) is 9.77. The fraction of sp³-hybridized carbons (Fsp3) is 0.812. The van der Waals surface area contributed by atoms with E-state index >= 15 is 0 Å². The van der Waals surface area contributed by atoms with Crippen LogP contribution in [0.15, 0.2) is 12.4 Å². The van der Waals surface area contributed by atoms with Gasteiger partial charge in [0, 0.05) is 19.1 Å². The molecular weight excluding hydrogens is 263 g/mol. The van der Waals surface area contributed by atoms with Crippen molar-refractivity contribution < 1.29 is 9.31 Å². The zero-order valence-electron chi connectivity index (χ0n) is 14.3. The van der Waals surface area contributed by atoms with E-state index in [2.05, 4.69) is 45.9 Å². The van der Waals surface area contributed by atoms with Gasteiger partial charge in [-0.25, -0.2) is 0 Å². The van der Waals surface area contributed by atoms with Gasteiger partial charge in [-0.2, -0.15) is 5.10 Å². The van der Waals surface area contributed by atoms with Crippen LogP contribution >= 0.6 is 0 Å². The van der Waals surface area contributed by atoms with Crippen LogP contribution in [-0.2, 0) is 16.4 Å². The van der Waals surface area contributed by atoms with Gasteiger partial charge in [0.1, 0.15) is 0 Å². The van der Waals surface area contributed by atoms with Crippen molar-refractivity contribution in [2.75, 3.05) is 0 Å². The van der Waals surface area contributed by atoms with Crippen LogP contribution in [0.4, 0.5) is 0 Å². The van der Waals surface area contributed by atoms with Crippen LogP contribution in [0.25, 0.3) is 0 Å². The first-order valence-electron chi connectivity index (χ1n) is 8.11. The Hall–Kier alpha value is -0.805. The largest absolute Gasteiger partial charge is 0.465 e. The van der Waals surface area contributed by atoms with E-state index in [-0.39, 0.29) is 24.1 Å². The highest BCUT2D eigenvalue weighted by Gasteiger charge is 2.53. The highest BCUT2D eigenvalue weighted by Crippen LogP contribution is 2.42. The summed E-state index contributed by atoms with van der Waals surface area (Å²) in [5, 5.41) is 4.32. The molecule has 1 saturated heterocycles. The van der Waals surface area contributed by atoms with Crippen molar-refractivity contribution in [1.82, 2.24) is 9.78 Å². The quantitative estimate of drug-likeness (QED) is 0.592. The molecule has 0 spiro atoms. The number of unbranched alkanes of at least 4 members (excludes halogenated alkanes) is 2. The average Bonchev–Trinajstić information content (AvgIpc) is 2.87. The predicted octanol–water partition coefficient (Wildman–Crippen LogP) is 3.72. The molecule has 0 N–H and O–H groups in total. The minimum absolute atomic E-state index is 0.184. The molecule has 118 valence electrons. The Morgan fingerprint density at radius 3 is 2.29 bits per heavy atom. The van der Waals surface area contributed by atoms with Crippen molar-refractivity contribution >= 4 is 7.12 Å². The Bertz CT molecular complexity index is 455. The zero-order valence-corrected chi connectivity index (χ0v) is 14.3. The van der Waals surface area contributed by atoms with E-state index in [0.717, 1.165) is 6.42 Å². The monoisotopic (exact) mass is 292 g/mol. The summed E-state index contributed by atoms with van der Waals surface area (Å²) in [6, 6.07) is 0. The van der Waals surface area contributed by atoms with Gasteiger partial charge < -0.3 is 9.31 Å². The molecule has 5 heteroatoms. The molecule has 1 aliphatic rings. The SMILES string of the molecule is CCCCC[C@@H](B1OC(C)(C)C(C)(C)O1)c1cnn(C)c1. The van der Waals surface area contributed by atoms with E-state index in [1.807, 2.05) is 17.9 Å². The lowest BCUT2D eigenvalue weighted by atomic mass is 9.66. The van der Waals surface area contributed by atoms with E-state index < -0.39 is 0 Å². The third kappa shape index (κ3) is 3.51. The van der Waals surface area contributed by atoms with E-state index in [1.54, 1.807) is 0 Å². The smallest absolute Gasteiger partial charge is 0.403 e. The van der Waals surface area contributed by atoms with E-state index in [1.165, 1.54) is 24.8 Å². The first kappa shape index (κ1) is 16.6. The van der Waals surface area contributed by atoms with Crippen molar-refractivity contribution in [1.29, 1.82) is 0 Å². The minimum Gasteiger partial charge on any atom is -0.403 e. The molecule has 2 rings (SSSR count). The molecule has 1 aromatic heterocycles. The van der Waals surface area contributed by atoms with Crippen LogP contribution in [-0.4, -0.2) is 28.1 Å². The maximum absolute atomic E-state index is 6.26. The first-order valence-corrected chi connectivity index (χ1v) is 8.11. The molecular formula is C16H29BN2O2. The van der Waals surface area contributed by atoms with Crippen molar-refractivity contribution in [3.05, 3.63) is 18.0 Å². The van der Waals surface area contributed by atoms with Crippen LogP contribution < -0.4 is 0 Å². The summed E-state index contributed by atoms with van der Waals surface area (Å²) in [5.74, 6) is 0.256.